The molecule has 0 heterocycles. The third kappa shape index (κ3) is 5.58. The molecule has 7 aromatic rings. The lowest BCUT2D eigenvalue weighted by Crippen LogP contribution is -1.97. The predicted octanol–water partition coefficient (Wildman–Crippen LogP) is 13.0. The van der Waals surface area contributed by atoms with Crippen molar-refractivity contribution in [3.05, 3.63) is 179 Å². The quantitative estimate of drug-likeness (QED) is 0.105. The smallest absolute Gasteiger partial charge is 0.0612 e. The number of hydrogen-bond acceptors (Lipinski definition) is 1. The van der Waals surface area contributed by atoms with E-state index in [-0.39, 0.29) is 0 Å². The maximum Gasteiger partial charge on any atom is 0.0612 e. The molecular weight excluding hydrogens is 579 g/mol. The molecule has 0 unspecified atom stereocenters. The Hall–Kier alpha value is -5.79. The van der Waals surface area contributed by atoms with Gasteiger partial charge in [-0.25, -0.2) is 0 Å². The lowest BCUT2D eigenvalue weighted by molar-refractivity contribution is 1.31. The summed E-state index contributed by atoms with van der Waals surface area (Å²) < 4.78 is 0. The van der Waals surface area contributed by atoms with Crippen LogP contribution in [0.5, 0.6) is 0 Å². The van der Waals surface area contributed by atoms with E-state index in [1.165, 1.54) is 76.8 Å². The van der Waals surface area contributed by atoms with Crippen LogP contribution in [0.4, 0.5) is 0 Å². The largest absolute Gasteiger partial charge is 0.300 e. The summed E-state index contributed by atoms with van der Waals surface area (Å²) in [6, 6.07) is 41.8. The second-order valence-electron chi connectivity index (χ2n) is 12.7. The van der Waals surface area contributed by atoms with Gasteiger partial charge in [0.15, 0.2) is 0 Å². The van der Waals surface area contributed by atoms with E-state index in [4.69, 9.17) is 5.41 Å². The number of benzene rings is 7. The van der Waals surface area contributed by atoms with Gasteiger partial charge in [-0.15, -0.1) is 0 Å². The molecule has 1 N–H and O–H groups in total. The van der Waals surface area contributed by atoms with Gasteiger partial charge in [0.25, 0.3) is 0 Å². The summed E-state index contributed by atoms with van der Waals surface area (Å²) in [5.41, 5.74) is 13.5. The highest BCUT2D eigenvalue weighted by molar-refractivity contribution is 6.25. The minimum Gasteiger partial charge on any atom is -0.300 e. The van der Waals surface area contributed by atoms with E-state index < -0.39 is 0 Å². The van der Waals surface area contributed by atoms with Crippen LogP contribution in [0.1, 0.15) is 38.9 Å². The van der Waals surface area contributed by atoms with E-state index in [1.54, 1.807) is 6.08 Å². The Bertz CT molecular complexity index is 2430. The topological polar surface area (TPSA) is 23.9 Å². The molecule has 7 rings (SSSR count). The van der Waals surface area contributed by atoms with Gasteiger partial charge in [-0.3, -0.25) is 0 Å². The summed E-state index contributed by atoms with van der Waals surface area (Å²) in [5.74, 6) is 0. The molecule has 0 fully saturated rings. The molecular formula is C47H39N. The van der Waals surface area contributed by atoms with Crippen molar-refractivity contribution in [3.63, 3.8) is 0 Å². The lowest BCUT2D eigenvalue weighted by atomic mass is 9.90. The van der Waals surface area contributed by atoms with Crippen molar-refractivity contribution in [2.45, 2.75) is 27.7 Å². The summed E-state index contributed by atoms with van der Waals surface area (Å²) in [6.07, 6.45) is 9.79. The van der Waals surface area contributed by atoms with Gasteiger partial charge in [0.2, 0.25) is 0 Å². The van der Waals surface area contributed by atoms with Gasteiger partial charge in [-0.1, -0.05) is 134 Å². The van der Waals surface area contributed by atoms with Gasteiger partial charge < -0.3 is 5.41 Å². The zero-order valence-electron chi connectivity index (χ0n) is 28.1. The maximum absolute atomic E-state index is 8.82. The molecule has 0 aliphatic heterocycles. The van der Waals surface area contributed by atoms with Crippen molar-refractivity contribution in [1.29, 1.82) is 5.41 Å². The van der Waals surface area contributed by atoms with E-state index in [2.05, 4.69) is 162 Å². The maximum atomic E-state index is 8.82. The highest BCUT2D eigenvalue weighted by atomic mass is 14.4. The van der Waals surface area contributed by atoms with E-state index >= 15 is 0 Å². The van der Waals surface area contributed by atoms with Gasteiger partial charge in [-0.05, 0) is 139 Å². The van der Waals surface area contributed by atoms with Gasteiger partial charge >= 0.3 is 0 Å². The van der Waals surface area contributed by atoms with E-state index in [9.17, 15) is 0 Å². The molecule has 0 aliphatic rings. The van der Waals surface area contributed by atoms with Crippen molar-refractivity contribution in [1.82, 2.24) is 0 Å². The Morgan fingerprint density at radius 1 is 0.521 bits per heavy atom. The minimum atomic E-state index is 0.501. The monoisotopic (exact) mass is 617 g/mol. The molecule has 48 heavy (non-hydrogen) atoms. The highest BCUT2D eigenvalue weighted by Gasteiger charge is 2.12. The molecule has 0 aromatic heterocycles. The fraction of sp³-hybridized carbons (Fsp3) is 0.0851. The first-order valence-corrected chi connectivity index (χ1v) is 16.6. The first-order valence-electron chi connectivity index (χ1n) is 16.6. The van der Waals surface area contributed by atoms with Crippen molar-refractivity contribution in [3.8, 4) is 22.3 Å². The molecule has 0 bridgehead atoms. The number of allylic oxidation sites excluding steroid dienone is 3. The predicted molar refractivity (Wildman–Crippen MR) is 210 cm³/mol. The van der Waals surface area contributed by atoms with E-state index in [0.717, 1.165) is 16.7 Å². The molecule has 0 aliphatic carbocycles. The summed E-state index contributed by atoms with van der Waals surface area (Å²) in [6.45, 7) is 12.4. The van der Waals surface area contributed by atoms with E-state index in [1.807, 2.05) is 12.2 Å². The molecule has 0 spiro atoms. The normalized spacial score (nSPS) is 11.8. The van der Waals surface area contributed by atoms with Crippen LogP contribution in [0.25, 0.3) is 66.7 Å². The van der Waals surface area contributed by atoms with Crippen LogP contribution in [0.15, 0.2) is 140 Å². The van der Waals surface area contributed by atoms with Crippen LogP contribution in [0.2, 0.25) is 0 Å². The van der Waals surface area contributed by atoms with Crippen LogP contribution in [-0.4, -0.2) is 5.71 Å². The Balaban J connectivity index is 1.17. The van der Waals surface area contributed by atoms with Crippen molar-refractivity contribution >= 4 is 50.2 Å². The third-order valence-corrected chi connectivity index (χ3v) is 9.84. The van der Waals surface area contributed by atoms with Crippen LogP contribution >= 0.6 is 0 Å². The second-order valence-corrected chi connectivity index (χ2v) is 12.7. The van der Waals surface area contributed by atoms with Crippen molar-refractivity contribution in [2.24, 2.45) is 0 Å². The second kappa shape index (κ2) is 12.8. The summed E-state index contributed by atoms with van der Waals surface area (Å²) in [5, 5.41) is 16.6. The number of fused-ring (bicyclic) bond motifs is 6. The minimum absolute atomic E-state index is 0.501. The zero-order chi connectivity index (χ0) is 33.4. The Morgan fingerprint density at radius 3 is 1.60 bits per heavy atom. The number of nitrogens with one attached hydrogen (secondary N) is 1. The van der Waals surface area contributed by atoms with Gasteiger partial charge in [0.1, 0.15) is 0 Å². The number of rotatable bonds is 7. The number of aryl methyl sites for hydroxylation is 2. The lowest BCUT2D eigenvalue weighted by Gasteiger charge is -2.14. The van der Waals surface area contributed by atoms with Gasteiger partial charge in [-0.2, -0.15) is 0 Å². The molecule has 232 valence electrons. The third-order valence-electron chi connectivity index (χ3n) is 9.84. The molecule has 0 saturated carbocycles. The van der Waals surface area contributed by atoms with Crippen LogP contribution in [0.3, 0.4) is 0 Å². The Morgan fingerprint density at radius 2 is 1.02 bits per heavy atom. The Kier molecular flexibility index (Phi) is 8.21. The van der Waals surface area contributed by atoms with Gasteiger partial charge in [0.05, 0.1) is 5.71 Å². The first-order chi connectivity index (χ1) is 23.3. The fourth-order valence-corrected chi connectivity index (χ4v) is 7.03. The molecule has 0 amide bonds. The van der Waals surface area contributed by atoms with Gasteiger partial charge in [0, 0.05) is 0 Å². The highest BCUT2D eigenvalue weighted by Crippen LogP contribution is 2.38. The standard InChI is InChI=1S/C47H39N/c1-6-7-12-34-17-18-35(33(5)32(34)4)22-26-47(48)38-21-24-40(31(3)28-38)39-23-19-36(27-30(39)2)37-20-25-45-43-15-9-8-13-41(43)42-14-10-11-16-44(42)46(45)29-37/h6-29,48H,1H2,2-5H3/b12-7-,26-22-,48-47?. The zero-order valence-corrected chi connectivity index (χ0v) is 28.1. The Labute approximate surface area is 283 Å². The fourth-order valence-electron chi connectivity index (χ4n) is 7.03. The molecule has 0 saturated heterocycles. The summed E-state index contributed by atoms with van der Waals surface area (Å²) in [4.78, 5) is 0. The molecule has 0 radical (unpaired) electrons. The molecule has 1 heteroatoms. The average molecular weight is 618 g/mol. The van der Waals surface area contributed by atoms with Crippen molar-refractivity contribution in [2.75, 3.05) is 0 Å². The first kappa shape index (κ1) is 30.8. The molecule has 1 nitrogen and oxygen atoms in total. The summed E-state index contributed by atoms with van der Waals surface area (Å²) in [7, 11) is 0. The molecule has 0 atom stereocenters. The summed E-state index contributed by atoms with van der Waals surface area (Å²) >= 11 is 0. The van der Waals surface area contributed by atoms with Crippen LogP contribution in [0, 0.1) is 33.1 Å². The van der Waals surface area contributed by atoms with Crippen LogP contribution in [-0.2, 0) is 0 Å². The van der Waals surface area contributed by atoms with E-state index in [0.29, 0.717) is 5.71 Å². The van der Waals surface area contributed by atoms with Crippen LogP contribution < -0.4 is 0 Å². The molecule has 7 aromatic carbocycles. The SMILES string of the molecule is C=C/C=C\c1ccc(/C=C\C(=N)c2ccc(-c3ccc(-c4ccc5c6ccccc6c6ccccc6c5c4)cc3C)c(C)c2)c(C)c1C. The van der Waals surface area contributed by atoms with Crippen molar-refractivity contribution < 1.29 is 0 Å². The number of hydrogen-bond donors (Lipinski definition) is 1. The average Bonchev–Trinajstić information content (AvgIpc) is 3.11.